The van der Waals surface area contributed by atoms with Gasteiger partial charge in [0, 0.05) is 59.4 Å². The Labute approximate surface area is 167 Å². The van der Waals surface area contributed by atoms with E-state index in [0.29, 0.717) is 19.4 Å². The molecule has 7 nitrogen and oxygen atoms in total. The molecule has 1 unspecified atom stereocenters. The molecule has 0 aromatic heterocycles. The van der Waals surface area contributed by atoms with Crippen LogP contribution in [0.1, 0.15) is 18.4 Å². The van der Waals surface area contributed by atoms with Crippen LogP contribution in [0.4, 0.5) is 0 Å². The molecular weight excluding hydrogens is 356 g/mol. The van der Waals surface area contributed by atoms with Crippen molar-refractivity contribution in [1.82, 2.24) is 19.6 Å². The van der Waals surface area contributed by atoms with E-state index in [1.165, 1.54) is 18.4 Å². The van der Waals surface area contributed by atoms with Crippen LogP contribution in [0.5, 0.6) is 11.5 Å². The second-order valence-corrected chi connectivity index (χ2v) is 8.32. The second-order valence-electron chi connectivity index (χ2n) is 8.32. The van der Waals surface area contributed by atoms with Crippen LogP contribution in [0.15, 0.2) is 18.2 Å². The first-order valence-electron chi connectivity index (χ1n) is 10.4. The molecule has 0 saturated carbocycles. The summed E-state index contributed by atoms with van der Waals surface area (Å²) in [6.07, 6.45) is 2.43. The minimum absolute atomic E-state index is 0.203. The summed E-state index contributed by atoms with van der Waals surface area (Å²) in [6.45, 7) is 8.27. The fourth-order valence-electron chi connectivity index (χ4n) is 4.39. The van der Waals surface area contributed by atoms with Crippen LogP contribution in [0.2, 0.25) is 0 Å². The molecule has 1 aromatic carbocycles. The standard InChI is InChI=1S/C21H32N4O3/c1-22(2)21(26)15-24-7-3-4-18(14-24)25-10-8-23(9-11-25)13-17-5-6-19-20(12-17)28-16-27-19/h5-6,12,18H,3-4,7-11,13-16H2,1-2H3. The summed E-state index contributed by atoms with van der Waals surface area (Å²) >= 11 is 0. The molecule has 3 aliphatic heterocycles. The largest absolute Gasteiger partial charge is 0.454 e. The molecule has 3 aliphatic rings. The minimum Gasteiger partial charge on any atom is -0.454 e. The van der Waals surface area contributed by atoms with Crippen LogP contribution < -0.4 is 9.47 Å². The molecule has 4 rings (SSSR count). The van der Waals surface area contributed by atoms with E-state index in [1.807, 2.05) is 20.2 Å². The number of benzene rings is 1. The molecular formula is C21H32N4O3. The summed E-state index contributed by atoms with van der Waals surface area (Å²) in [5.41, 5.74) is 1.28. The number of hydrogen-bond donors (Lipinski definition) is 0. The van der Waals surface area contributed by atoms with Crippen LogP contribution in [0, 0.1) is 0 Å². The van der Waals surface area contributed by atoms with E-state index in [4.69, 9.17) is 9.47 Å². The molecule has 2 saturated heterocycles. The number of fused-ring (bicyclic) bond motifs is 1. The van der Waals surface area contributed by atoms with Crippen molar-refractivity contribution in [2.75, 3.05) is 66.7 Å². The number of ether oxygens (including phenoxy) is 2. The maximum absolute atomic E-state index is 12.0. The topological polar surface area (TPSA) is 48.5 Å². The summed E-state index contributed by atoms with van der Waals surface area (Å²) in [5.74, 6) is 1.92. The van der Waals surface area contributed by atoms with E-state index < -0.39 is 0 Å². The van der Waals surface area contributed by atoms with Crippen molar-refractivity contribution in [3.8, 4) is 11.5 Å². The number of likely N-dealkylation sites (tertiary alicyclic amines) is 1. The quantitative estimate of drug-likeness (QED) is 0.753. The van der Waals surface area contributed by atoms with E-state index in [-0.39, 0.29) is 5.91 Å². The molecule has 7 heteroatoms. The fraction of sp³-hybridized carbons (Fsp3) is 0.667. The van der Waals surface area contributed by atoms with Crippen molar-refractivity contribution in [1.29, 1.82) is 0 Å². The van der Waals surface area contributed by atoms with E-state index in [0.717, 1.165) is 57.3 Å². The summed E-state index contributed by atoms with van der Waals surface area (Å²) in [4.78, 5) is 21.2. The van der Waals surface area contributed by atoms with Gasteiger partial charge in [0.2, 0.25) is 12.7 Å². The van der Waals surface area contributed by atoms with Gasteiger partial charge in [-0.05, 0) is 37.1 Å². The van der Waals surface area contributed by atoms with Crippen molar-refractivity contribution in [2.45, 2.75) is 25.4 Å². The van der Waals surface area contributed by atoms with Crippen molar-refractivity contribution >= 4 is 5.91 Å². The van der Waals surface area contributed by atoms with Gasteiger partial charge in [0.1, 0.15) is 0 Å². The van der Waals surface area contributed by atoms with Crippen molar-refractivity contribution < 1.29 is 14.3 Å². The molecule has 0 bridgehead atoms. The predicted octanol–water partition coefficient (Wildman–Crippen LogP) is 1.09. The lowest BCUT2D eigenvalue weighted by molar-refractivity contribution is -0.130. The number of piperazine rings is 1. The fourth-order valence-corrected chi connectivity index (χ4v) is 4.39. The average molecular weight is 389 g/mol. The Morgan fingerprint density at radius 3 is 2.64 bits per heavy atom. The summed E-state index contributed by atoms with van der Waals surface area (Å²) < 4.78 is 10.9. The van der Waals surface area contributed by atoms with Gasteiger partial charge in [-0.15, -0.1) is 0 Å². The number of amides is 1. The number of likely N-dealkylation sites (N-methyl/N-ethyl adjacent to an activating group) is 1. The third kappa shape index (κ3) is 4.59. The number of nitrogens with zero attached hydrogens (tertiary/aromatic N) is 4. The van der Waals surface area contributed by atoms with Gasteiger partial charge in [0.25, 0.3) is 0 Å². The Kier molecular flexibility index (Phi) is 6.04. The molecule has 0 aliphatic carbocycles. The summed E-state index contributed by atoms with van der Waals surface area (Å²) in [5, 5.41) is 0. The Balaban J connectivity index is 1.25. The zero-order valence-corrected chi connectivity index (χ0v) is 17.1. The summed E-state index contributed by atoms with van der Waals surface area (Å²) in [6, 6.07) is 6.84. The lowest BCUT2D eigenvalue weighted by Gasteiger charge is -2.43. The highest BCUT2D eigenvalue weighted by atomic mass is 16.7. The van der Waals surface area contributed by atoms with Gasteiger partial charge in [0.15, 0.2) is 11.5 Å². The first kappa shape index (κ1) is 19.5. The maximum atomic E-state index is 12.0. The van der Waals surface area contributed by atoms with E-state index in [1.54, 1.807) is 4.90 Å². The molecule has 1 amide bonds. The molecule has 154 valence electrons. The van der Waals surface area contributed by atoms with Crippen LogP contribution in [-0.2, 0) is 11.3 Å². The minimum atomic E-state index is 0.203. The lowest BCUT2D eigenvalue weighted by atomic mass is 10.0. The number of piperidine rings is 1. The lowest BCUT2D eigenvalue weighted by Crippen LogP contribution is -2.55. The van der Waals surface area contributed by atoms with Gasteiger partial charge in [-0.3, -0.25) is 19.5 Å². The maximum Gasteiger partial charge on any atom is 0.236 e. The van der Waals surface area contributed by atoms with Crippen LogP contribution in [-0.4, -0.2) is 98.3 Å². The molecule has 1 aromatic rings. The molecule has 0 spiro atoms. The Morgan fingerprint density at radius 2 is 1.86 bits per heavy atom. The third-order valence-corrected chi connectivity index (χ3v) is 6.10. The van der Waals surface area contributed by atoms with Gasteiger partial charge < -0.3 is 14.4 Å². The predicted molar refractivity (Wildman–Crippen MR) is 108 cm³/mol. The Bertz CT molecular complexity index is 688. The van der Waals surface area contributed by atoms with Crippen molar-refractivity contribution in [3.63, 3.8) is 0 Å². The molecule has 1 atom stereocenters. The van der Waals surface area contributed by atoms with Crippen molar-refractivity contribution in [2.24, 2.45) is 0 Å². The van der Waals surface area contributed by atoms with E-state index in [2.05, 4.69) is 26.8 Å². The van der Waals surface area contributed by atoms with Crippen LogP contribution >= 0.6 is 0 Å². The van der Waals surface area contributed by atoms with E-state index >= 15 is 0 Å². The monoisotopic (exact) mass is 388 g/mol. The Hall–Kier alpha value is -1.83. The highest BCUT2D eigenvalue weighted by Crippen LogP contribution is 2.33. The molecule has 2 fully saturated rings. The van der Waals surface area contributed by atoms with Crippen LogP contribution in [0.25, 0.3) is 0 Å². The smallest absolute Gasteiger partial charge is 0.236 e. The number of carbonyl (C=O) groups is 1. The molecule has 3 heterocycles. The van der Waals surface area contributed by atoms with Gasteiger partial charge in [-0.2, -0.15) is 0 Å². The molecule has 0 radical (unpaired) electrons. The van der Waals surface area contributed by atoms with Gasteiger partial charge in [-0.1, -0.05) is 6.07 Å². The Morgan fingerprint density at radius 1 is 1.07 bits per heavy atom. The highest BCUT2D eigenvalue weighted by molar-refractivity contribution is 5.77. The molecule has 0 N–H and O–H groups in total. The van der Waals surface area contributed by atoms with Gasteiger partial charge >= 0.3 is 0 Å². The summed E-state index contributed by atoms with van der Waals surface area (Å²) in [7, 11) is 3.67. The second kappa shape index (κ2) is 8.68. The van der Waals surface area contributed by atoms with Gasteiger partial charge in [0.05, 0.1) is 6.54 Å². The SMILES string of the molecule is CN(C)C(=O)CN1CCCC(N2CCN(Cc3ccc4c(c3)OCO4)CC2)C1. The number of rotatable bonds is 5. The van der Waals surface area contributed by atoms with Crippen molar-refractivity contribution in [3.05, 3.63) is 23.8 Å². The van der Waals surface area contributed by atoms with Gasteiger partial charge in [-0.25, -0.2) is 0 Å². The number of hydrogen-bond acceptors (Lipinski definition) is 6. The average Bonchev–Trinajstić information content (AvgIpc) is 3.16. The van der Waals surface area contributed by atoms with Crippen LogP contribution in [0.3, 0.4) is 0 Å². The number of carbonyl (C=O) groups excluding carboxylic acids is 1. The third-order valence-electron chi connectivity index (χ3n) is 6.10. The van der Waals surface area contributed by atoms with E-state index in [9.17, 15) is 4.79 Å². The zero-order chi connectivity index (χ0) is 19.5. The molecule has 28 heavy (non-hydrogen) atoms. The first-order chi connectivity index (χ1) is 13.6. The first-order valence-corrected chi connectivity index (χ1v) is 10.4. The zero-order valence-electron chi connectivity index (χ0n) is 17.1. The normalized spacial score (nSPS) is 23.7. The highest BCUT2D eigenvalue weighted by Gasteiger charge is 2.29.